The Bertz CT molecular complexity index is 2370. The molecule has 8 aromatic rings. The minimum absolute atomic E-state index is 0.317. The molecule has 0 bridgehead atoms. The van der Waals surface area contributed by atoms with Gasteiger partial charge in [-0.05, 0) is 22.9 Å². The average Bonchev–Trinajstić information content (AvgIpc) is 3.45. The monoisotopic (exact) mass is 580 g/mol. The number of para-hydroxylation sites is 2. The Kier molecular flexibility index (Phi) is 5.47. The van der Waals surface area contributed by atoms with Gasteiger partial charge < -0.3 is 4.74 Å². The number of rotatable bonds is 3. The van der Waals surface area contributed by atoms with Gasteiger partial charge in [-0.25, -0.2) is 4.98 Å². The van der Waals surface area contributed by atoms with E-state index in [0.717, 1.165) is 50.0 Å². The molecule has 0 unspecified atom stereocenters. The van der Waals surface area contributed by atoms with Gasteiger partial charge in [0.1, 0.15) is 11.3 Å². The molecule has 0 atom stereocenters. The van der Waals surface area contributed by atoms with Gasteiger partial charge in [-0.1, -0.05) is 135 Å². The van der Waals surface area contributed by atoms with Gasteiger partial charge in [-0.3, -0.25) is 4.57 Å². The third-order valence-corrected chi connectivity index (χ3v) is 9.07. The van der Waals surface area contributed by atoms with Gasteiger partial charge in [0.05, 0.1) is 5.52 Å². The summed E-state index contributed by atoms with van der Waals surface area (Å²) in [7, 11) is 0. The van der Waals surface area contributed by atoms with E-state index in [9.17, 15) is 0 Å². The van der Waals surface area contributed by atoms with Crippen LogP contribution >= 0.6 is 0 Å². The molecule has 0 saturated carbocycles. The predicted octanol–water partition coefficient (Wildman–Crippen LogP) is 9.89. The minimum atomic E-state index is -0.317. The maximum atomic E-state index is 6.96. The molecule has 0 spiro atoms. The summed E-state index contributed by atoms with van der Waals surface area (Å²) in [4.78, 5) is 15.3. The summed E-state index contributed by atoms with van der Waals surface area (Å²) < 4.78 is 9.14. The first-order valence-corrected chi connectivity index (χ1v) is 15.2. The summed E-state index contributed by atoms with van der Waals surface area (Å²) >= 11 is 0. The Hall–Kier alpha value is -5.81. The highest BCUT2D eigenvalue weighted by Gasteiger charge is 2.38. The molecule has 2 aromatic heterocycles. The van der Waals surface area contributed by atoms with Crippen molar-refractivity contribution >= 4 is 32.6 Å². The van der Waals surface area contributed by atoms with Crippen molar-refractivity contribution in [2.24, 2.45) is 0 Å². The van der Waals surface area contributed by atoms with Crippen LogP contribution in [0.2, 0.25) is 0 Å². The number of fused-ring (bicyclic) bond motifs is 9. The van der Waals surface area contributed by atoms with Crippen molar-refractivity contribution in [2.75, 3.05) is 0 Å². The van der Waals surface area contributed by atoms with Crippen molar-refractivity contribution in [2.45, 2.75) is 19.3 Å². The van der Waals surface area contributed by atoms with E-state index in [2.05, 4.69) is 85.1 Å². The molecule has 1 aliphatic heterocycles. The van der Waals surface area contributed by atoms with Gasteiger partial charge in [0.25, 0.3) is 0 Å². The van der Waals surface area contributed by atoms with Crippen molar-refractivity contribution in [3.63, 3.8) is 0 Å². The Balaban J connectivity index is 1.47. The van der Waals surface area contributed by atoms with Gasteiger partial charge >= 0.3 is 0 Å². The highest BCUT2D eigenvalue weighted by molar-refractivity contribution is 6.24. The Morgan fingerprint density at radius 2 is 1.11 bits per heavy atom. The molecule has 5 heteroatoms. The zero-order valence-electron chi connectivity index (χ0n) is 24.9. The standard InChI is InChI=1S/C40H28N4O/c1-40(2)30-22-12-14-24-32(30)45-36-34(40)28-20-10-9-19-27(28)33-29-21-11-13-23-31(29)44(35(33)36)39-42-37(25-15-5-3-6-16-25)41-38(43-39)26-17-7-4-8-18-26/h3-24H,1-2H3. The molecular weight excluding hydrogens is 552 g/mol. The SMILES string of the molecule is CC1(C)c2ccccc2Oc2c1c1ccccc1c1c3ccccc3n(-c3nc(-c4ccccc4)nc(-c4ccccc4)n3)c21. The van der Waals surface area contributed by atoms with Crippen LogP contribution in [0, 0.1) is 0 Å². The third kappa shape index (κ3) is 3.77. The maximum Gasteiger partial charge on any atom is 0.238 e. The van der Waals surface area contributed by atoms with Crippen molar-refractivity contribution in [1.29, 1.82) is 0 Å². The van der Waals surface area contributed by atoms with Crippen LogP contribution < -0.4 is 4.74 Å². The lowest BCUT2D eigenvalue weighted by molar-refractivity contribution is 0.424. The summed E-state index contributed by atoms with van der Waals surface area (Å²) in [5.74, 6) is 3.49. The van der Waals surface area contributed by atoms with Crippen LogP contribution in [-0.4, -0.2) is 19.5 Å². The van der Waals surface area contributed by atoms with Crippen LogP contribution in [0.1, 0.15) is 25.0 Å². The number of benzene rings is 6. The average molecular weight is 581 g/mol. The molecule has 214 valence electrons. The van der Waals surface area contributed by atoms with E-state index < -0.39 is 0 Å². The Morgan fingerprint density at radius 3 is 1.80 bits per heavy atom. The molecule has 3 heterocycles. The molecule has 45 heavy (non-hydrogen) atoms. The molecule has 0 radical (unpaired) electrons. The fraction of sp³-hybridized carbons (Fsp3) is 0.0750. The molecule has 0 aliphatic carbocycles. The van der Waals surface area contributed by atoms with Crippen molar-refractivity contribution < 1.29 is 4.74 Å². The van der Waals surface area contributed by atoms with E-state index in [1.807, 2.05) is 66.7 Å². The number of nitrogens with zero attached hydrogens (tertiary/aromatic N) is 4. The second kappa shape index (κ2) is 9.60. The first kappa shape index (κ1) is 25.7. The molecule has 5 nitrogen and oxygen atoms in total. The van der Waals surface area contributed by atoms with Gasteiger partial charge in [-0.15, -0.1) is 0 Å². The normalized spacial score (nSPS) is 13.5. The fourth-order valence-electron chi connectivity index (χ4n) is 7.03. The Labute approximate surface area is 260 Å². The molecule has 1 aliphatic rings. The molecule has 0 fully saturated rings. The molecule has 0 saturated heterocycles. The highest BCUT2D eigenvalue weighted by atomic mass is 16.5. The van der Waals surface area contributed by atoms with Crippen molar-refractivity contribution in [1.82, 2.24) is 19.5 Å². The lowest BCUT2D eigenvalue weighted by atomic mass is 9.73. The third-order valence-electron chi connectivity index (χ3n) is 9.07. The van der Waals surface area contributed by atoms with Crippen LogP contribution in [0.3, 0.4) is 0 Å². The van der Waals surface area contributed by atoms with E-state index in [1.54, 1.807) is 0 Å². The predicted molar refractivity (Wildman–Crippen MR) is 181 cm³/mol. The first-order valence-electron chi connectivity index (χ1n) is 15.2. The zero-order valence-corrected chi connectivity index (χ0v) is 24.9. The summed E-state index contributed by atoms with van der Waals surface area (Å²) in [6.45, 7) is 4.59. The minimum Gasteiger partial charge on any atom is -0.454 e. The summed E-state index contributed by atoms with van der Waals surface area (Å²) in [5, 5.41) is 4.61. The van der Waals surface area contributed by atoms with Crippen LogP contribution in [0.25, 0.3) is 61.3 Å². The molecule has 0 N–H and O–H groups in total. The smallest absolute Gasteiger partial charge is 0.238 e. The second-order valence-corrected chi connectivity index (χ2v) is 12.1. The van der Waals surface area contributed by atoms with Crippen LogP contribution in [0.4, 0.5) is 0 Å². The van der Waals surface area contributed by atoms with Gasteiger partial charge in [0, 0.05) is 38.4 Å². The quantitative estimate of drug-likeness (QED) is 0.209. The Morgan fingerprint density at radius 1 is 0.556 bits per heavy atom. The first-order chi connectivity index (χ1) is 22.1. The van der Waals surface area contributed by atoms with Gasteiger partial charge in [0.15, 0.2) is 17.4 Å². The lowest BCUT2D eigenvalue weighted by Crippen LogP contribution is -2.25. The van der Waals surface area contributed by atoms with E-state index in [4.69, 9.17) is 19.7 Å². The summed E-state index contributed by atoms with van der Waals surface area (Å²) in [6.07, 6.45) is 0. The van der Waals surface area contributed by atoms with Gasteiger partial charge in [0.2, 0.25) is 5.95 Å². The lowest BCUT2D eigenvalue weighted by Gasteiger charge is -2.36. The van der Waals surface area contributed by atoms with Crippen LogP contribution in [0.15, 0.2) is 133 Å². The van der Waals surface area contributed by atoms with E-state index >= 15 is 0 Å². The largest absolute Gasteiger partial charge is 0.454 e. The molecule has 9 rings (SSSR count). The summed E-state index contributed by atoms with van der Waals surface area (Å²) in [6, 6.07) is 45.8. The molecule has 6 aromatic carbocycles. The maximum absolute atomic E-state index is 6.96. The molecule has 0 amide bonds. The van der Waals surface area contributed by atoms with E-state index in [1.165, 1.54) is 16.3 Å². The van der Waals surface area contributed by atoms with Crippen LogP contribution in [0.5, 0.6) is 11.5 Å². The zero-order chi connectivity index (χ0) is 30.1. The number of aromatic nitrogens is 4. The molecular formula is C40H28N4O. The van der Waals surface area contributed by atoms with Crippen molar-refractivity contribution in [3.05, 3.63) is 145 Å². The van der Waals surface area contributed by atoms with Gasteiger partial charge in [-0.2, -0.15) is 9.97 Å². The number of hydrogen-bond acceptors (Lipinski definition) is 4. The summed E-state index contributed by atoms with van der Waals surface area (Å²) in [5.41, 5.74) is 5.84. The topological polar surface area (TPSA) is 52.8 Å². The number of hydrogen-bond donors (Lipinski definition) is 0. The van der Waals surface area contributed by atoms with E-state index in [-0.39, 0.29) is 5.41 Å². The van der Waals surface area contributed by atoms with Crippen LogP contribution in [-0.2, 0) is 5.41 Å². The van der Waals surface area contributed by atoms with Crippen molar-refractivity contribution in [3.8, 4) is 40.2 Å². The second-order valence-electron chi connectivity index (χ2n) is 12.1. The van der Waals surface area contributed by atoms with E-state index in [0.29, 0.717) is 17.6 Å². The number of ether oxygens (including phenoxy) is 1. The fourth-order valence-corrected chi connectivity index (χ4v) is 7.03. The highest BCUT2D eigenvalue weighted by Crippen LogP contribution is 2.55.